The van der Waals surface area contributed by atoms with Crippen LogP contribution in [0, 0.1) is 0 Å². The van der Waals surface area contributed by atoms with Crippen LogP contribution in [-0.4, -0.2) is 38.7 Å². The lowest BCUT2D eigenvalue weighted by atomic mass is 10.1. The molecule has 0 aliphatic carbocycles. The molecule has 2 N–H and O–H groups in total. The number of hydrogen-bond donors (Lipinski definition) is 2. The summed E-state index contributed by atoms with van der Waals surface area (Å²) >= 11 is 12.2. The van der Waals surface area contributed by atoms with Crippen LogP contribution in [0.1, 0.15) is 12.8 Å². The Morgan fingerprint density at radius 3 is 2.84 bits per heavy atom. The number of benzene rings is 1. The standard InChI is InChI=1S/C17H16Cl2N4O2/c18-12-6-10(7-13(19)16(12)24)15-17(21-8-11-2-1-5-25-11)23-4-3-20-9-14(23)22-15/h3-4,6-7,9,11,21,24H,1-2,5,8H2/t11-/m0/s1. The fourth-order valence-corrected chi connectivity index (χ4v) is 3.48. The maximum atomic E-state index is 9.80. The van der Waals surface area contributed by atoms with Crippen LogP contribution >= 0.6 is 23.2 Å². The van der Waals surface area contributed by atoms with E-state index in [0.717, 1.165) is 25.3 Å². The fraction of sp³-hybridized carbons (Fsp3) is 0.294. The fourth-order valence-electron chi connectivity index (χ4n) is 3.00. The molecule has 1 aliphatic heterocycles. The third-order valence-corrected chi connectivity index (χ3v) is 4.82. The van der Waals surface area contributed by atoms with E-state index < -0.39 is 0 Å². The number of rotatable bonds is 4. The van der Waals surface area contributed by atoms with Gasteiger partial charge < -0.3 is 15.2 Å². The first-order valence-corrected chi connectivity index (χ1v) is 8.75. The molecule has 0 saturated carbocycles. The summed E-state index contributed by atoms with van der Waals surface area (Å²) < 4.78 is 7.61. The van der Waals surface area contributed by atoms with E-state index in [1.54, 1.807) is 24.5 Å². The molecule has 4 rings (SSSR count). The summed E-state index contributed by atoms with van der Waals surface area (Å²) in [5.74, 6) is 0.678. The Kier molecular flexibility index (Phi) is 4.41. The van der Waals surface area contributed by atoms with E-state index in [1.807, 2.05) is 10.6 Å². The summed E-state index contributed by atoms with van der Waals surface area (Å²) in [6.07, 6.45) is 7.54. The number of nitrogens with zero attached hydrogens (tertiary/aromatic N) is 3. The molecule has 3 heterocycles. The summed E-state index contributed by atoms with van der Waals surface area (Å²) in [5, 5.41) is 13.6. The number of ether oxygens (including phenoxy) is 1. The molecule has 0 amide bonds. The number of fused-ring (bicyclic) bond motifs is 1. The first-order valence-electron chi connectivity index (χ1n) is 7.99. The van der Waals surface area contributed by atoms with E-state index in [1.165, 1.54) is 0 Å². The lowest BCUT2D eigenvalue weighted by molar-refractivity contribution is 0.120. The quantitative estimate of drug-likeness (QED) is 0.717. The van der Waals surface area contributed by atoms with E-state index in [-0.39, 0.29) is 21.9 Å². The van der Waals surface area contributed by atoms with Gasteiger partial charge in [0.15, 0.2) is 11.4 Å². The van der Waals surface area contributed by atoms with Gasteiger partial charge in [-0.15, -0.1) is 0 Å². The number of phenols is 1. The Balaban J connectivity index is 1.78. The summed E-state index contributed by atoms with van der Waals surface area (Å²) in [6, 6.07) is 3.30. The molecule has 8 heteroatoms. The molecule has 1 aromatic carbocycles. The second-order valence-corrected chi connectivity index (χ2v) is 6.73. The Bertz CT molecular complexity index is 899. The van der Waals surface area contributed by atoms with Crippen molar-refractivity contribution in [3.63, 3.8) is 0 Å². The van der Waals surface area contributed by atoms with Gasteiger partial charge in [0.25, 0.3) is 0 Å². The zero-order chi connectivity index (χ0) is 17.4. The topological polar surface area (TPSA) is 71.7 Å². The monoisotopic (exact) mass is 378 g/mol. The van der Waals surface area contributed by atoms with Crippen molar-refractivity contribution in [2.45, 2.75) is 18.9 Å². The summed E-state index contributed by atoms with van der Waals surface area (Å²) in [5.41, 5.74) is 2.11. The van der Waals surface area contributed by atoms with Gasteiger partial charge in [-0.1, -0.05) is 23.2 Å². The van der Waals surface area contributed by atoms with Gasteiger partial charge in [-0.3, -0.25) is 9.38 Å². The highest BCUT2D eigenvalue weighted by Gasteiger charge is 2.20. The third kappa shape index (κ3) is 3.13. The smallest absolute Gasteiger partial charge is 0.157 e. The van der Waals surface area contributed by atoms with Crippen LogP contribution < -0.4 is 5.32 Å². The van der Waals surface area contributed by atoms with Crippen molar-refractivity contribution in [1.82, 2.24) is 14.4 Å². The molecule has 0 unspecified atom stereocenters. The molecule has 1 fully saturated rings. The minimum Gasteiger partial charge on any atom is -0.505 e. The number of anilines is 1. The maximum Gasteiger partial charge on any atom is 0.157 e. The predicted octanol–water partition coefficient (Wildman–Crippen LogP) is 4.00. The van der Waals surface area contributed by atoms with Gasteiger partial charge in [0, 0.05) is 31.1 Å². The SMILES string of the molecule is Oc1c(Cl)cc(-c2nc3cnccn3c2NC[C@@H]2CCCO2)cc1Cl. The number of imidazole rings is 1. The lowest BCUT2D eigenvalue weighted by Gasteiger charge is -2.13. The van der Waals surface area contributed by atoms with Crippen molar-refractivity contribution in [2.75, 3.05) is 18.5 Å². The Morgan fingerprint density at radius 1 is 1.32 bits per heavy atom. The normalized spacial score (nSPS) is 17.3. The number of aromatic hydroxyl groups is 1. The average Bonchev–Trinajstić information content (AvgIpc) is 3.24. The highest BCUT2D eigenvalue weighted by atomic mass is 35.5. The van der Waals surface area contributed by atoms with Gasteiger partial charge in [-0.25, -0.2) is 4.98 Å². The number of phenolic OH excluding ortho intramolecular Hbond substituents is 1. The zero-order valence-electron chi connectivity index (χ0n) is 13.2. The average molecular weight is 379 g/mol. The van der Waals surface area contributed by atoms with Crippen LogP contribution in [0.3, 0.4) is 0 Å². The molecular formula is C17H16Cl2N4O2. The zero-order valence-corrected chi connectivity index (χ0v) is 14.8. The Morgan fingerprint density at radius 2 is 2.12 bits per heavy atom. The largest absolute Gasteiger partial charge is 0.505 e. The van der Waals surface area contributed by atoms with Gasteiger partial charge in [-0.2, -0.15) is 0 Å². The molecule has 1 saturated heterocycles. The van der Waals surface area contributed by atoms with Crippen LogP contribution in [0.5, 0.6) is 5.75 Å². The van der Waals surface area contributed by atoms with Crippen molar-refractivity contribution in [2.24, 2.45) is 0 Å². The van der Waals surface area contributed by atoms with Crippen LogP contribution in [-0.2, 0) is 4.74 Å². The van der Waals surface area contributed by atoms with E-state index >= 15 is 0 Å². The van der Waals surface area contributed by atoms with Gasteiger partial charge in [-0.05, 0) is 25.0 Å². The van der Waals surface area contributed by atoms with E-state index in [0.29, 0.717) is 23.4 Å². The highest BCUT2D eigenvalue weighted by molar-refractivity contribution is 6.37. The van der Waals surface area contributed by atoms with Crippen molar-refractivity contribution in [3.8, 4) is 17.0 Å². The van der Waals surface area contributed by atoms with Crippen LogP contribution in [0.25, 0.3) is 16.9 Å². The molecule has 0 spiro atoms. The van der Waals surface area contributed by atoms with Crippen molar-refractivity contribution in [1.29, 1.82) is 0 Å². The van der Waals surface area contributed by atoms with Crippen molar-refractivity contribution in [3.05, 3.63) is 40.8 Å². The second kappa shape index (κ2) is 6.71. The van der Waals surface area contributed by atoms with Crippen LogP contribution in [0.4, 0.5) is 5.82 Å². The van der Waals surface area contributed by atoms with Crippen molar-refractivity contribution < 1.29 is 9.84 Å². The maximum absolute atomic E-state index is 9.80. The van der Waals surface area contributed by atoms with Gasteiger partial charge in [0.05, 0.1) is 22.3 Å². The number of nitrogens with one attached hydrogen (secondary N) is 1. The molecule has 0 bridgehead atoms. The van der Waals surface area contributed by atoms with Crippen LogP contribution in [0.15, 0.2) is 30.7 Å². The van der Waals surface area contributed by atoms with Gasteiger partial charge >= 0.3 is 0 Å². The summed E-state index contributed by atoms with van der Waals surface area (Å²) in [4.78, 5) is 8.76. The Labute approximate surface area is 154 Å². The molecule has 1 atom stereocenters. The minimum atomic E-state index is -0.133. The van der Waals surface area contributed by atoms with Crippen molar-refractivity contribution >= 4 is 34.7 Å². The first kappa shape index (κ1) is 16.4. The highest BCUT2D eigenvalue weighted by Crippen LogP contribution is 2.38. The molecular weight excluding hydrogens is 363 g/mol. The summed E-state index contributed by atoms with van der Waals surface area (Å²) in [6.45, 7) is 1.49. The van der Waals surface area contributed by atoms with E-state index in [4.69, 9.17) is 27.9 Å². The molecule has 3 aromatic rings. The summed E-state index contributed by atoms with van der Waals surface area (Å²) in [7, 11) is 0. The third-order valence-electron chi connectivity index (χ3n) is 4.24. The van der Waals surface area contributed by atoms with E-state index in [2.05, 4.69) is 15.3 Å². The lowest BCUT2D eigenvalue weighted by Crippen LogP contribution is -2.19. The van der Waals surface area contributed by atoms with Gasteiger partial charge in [0.1, 0.15) is 11.5 Å². The van der Waals surface area contributed by atoms with Gasteiger partial charge in [0.2, 0.25) is 0 Å². The number of aromatic nitrogens is 3. The molecule has 130 valence electrons. The van der Waals surface area contributed by atoms with E-state index in [9.17, 15) is 5.11 Å². The Hall–Kier alpha value is -2.02. The van der Waals surface area contributed by atoms with Crippen LogP contribution in [0.2, 0.25) is 10.0 Å². The first-order chi connectivity index (χ1) is 12.1. The molecule has 2 aromatic heterocycles. The molecule has 1 aliphatic rings. The predicted molar refractivity (Wildman–Crippen MR) is 97.6 cm³/mol. The second-order valence-electron chi connectivity index (χ2n) is 5.92. The molecule has 6 nitrogen and oxygen atoms in total. The minimum absolute atomic E-state index is 0.133. The molecule has 25 heavy (non-hydrogen) atoms. The molecule has 0 radical (unpaired) electrons. The number of hydrogen-bond acceptors (Lipinski definition) is 5. The number of halogens is 2.